The third-order valence-corrected chi connectivity index (χ3v) is 6.33. The minimum atomic E-state index is -0.278. The number of anilines is 1. The fraction of sp³-hybridized carbons (Fsp3) is 0.0714. The fourth-order valence-corrected chi connectivity index (χ4v) is 4.59. The first-order valence-electron chi connectivity index (χ1n) is 11.2. The van der Waals surface area contributed by atoms with Crippen LogP contribution in [0.4, 0.5) is 5.95 Å². The second kappa shape index (κ2) is 8.81. The Morgan fingerprint density at radius 3 is 2.46 bits per heavy atom. The predicted molar refractivity (Wildman–Crippen MR) is 139 cm³/mol. The van der Waals surface area contributed by atoms with E-state index in [1.54, 1.807) is 23.5 Å². The van der Waals surface area contributed by atoms with Crippen LogP contribution in [0.15, 0.2) is 102 Å². The molecule has 2 aromatic heterocycles. The second-order valence-corrected chi connectivity index (χ2v) is 8.75. The molecular formula is C28H20ClN5O. The molecule has 1 atom stereocenters. The maximum absolute atomic E-state index is 10.7. The summed E-state index contributed by atoms with van der Waals surface area (Å²) in [5, 5.41) is 18.9. The molecule has 0 amide bonds. The first-order chi connectivity index (χ1) is 17.2. The zero-order chi connectivity index (χ0) is 23.8. The lowest BCUT2D eigenvalue weighted by atomic mass is 9.98. The average Bonchev–Trinajstić information content (AvgIpc) is 3.35. The van der Waals surface area contributed by atoms with Gasteiger partial charge in [-0.25, -0.2) is 15.0 Å². The lowest BCUT2D eigenvalue weighted by Crippen LogP contribution is -2.21. The number of fused-ring (bicyclic) bond motifs is 1. The quantitative estimate of drug-likeness (QED) is 0.324. The summed E-state index contributed by atoms with van der Waals surface area (Å²) in [5.74, 6) is 0.659. The standard InChI is InChI=1S/C28H20ClN5O/c29-20-12-13-23-22(15-20)27(18-7-2-1-3-8-18)32-28(31-23)34-25(21-10-4-5-11-26(21)35)16-24(33-34)19-9-6-14-30-17-19/h1-15,17,25,35H,16H2. The molecule has 7 heteroatoms. The number of halogens is 1. The van der Waals surface area contributed by atoms with Gasteiger partial charge >= 0.3 is 0 Å². The van der Waals surface area contributed by atoms with E-state index < -0.39 is 0 Å². The molecule has 1 N–H and O–H groups in total. The molecule has 1 aliphatic heterocycles. The van der Waals surface area contributed by atoms with Gasteiger partial charge in [0.25, 0.3) is 0 Å². The SMILES string of the molecule is Oc1ccccc1C1CC(c2cccnc2)=NN1c1nc(-c2ccccc2)c2cc(Cl)ccc2n1. The Morgan fingerprint density at radius 1 is 0.857 bits per heavy atom. The van der Waals surface area contributed by atoms with Crippen molar-refractivity contribution in [3.8, 4) is 17.0 Å². The van der Waals surface area contributed by atoms with Crippen molar-refractivity contribution < 1.29 is 5.11 Å². The lowest BCUT2D eigenvalue weighted by molar-refractivity contribution is 0.460. The van der Waals surface area contributed by atoms with Gasteiger partial charge in [-0.05, 0) is 30.3 Å². The normalized spacial score (nSPS) is 15.4. The highest BCUT2D eigenvalue weighted by atomic mass is 35.5. The van der Waals surface area contributed by atoms with Crippen molar-refractivity contribution >= 4 is 34.2 Å². The molecule has 1 aliphatic rings. The first-order valence-corrected chi connectivity index (χ1v) is 11.6. The van der Waals surface area contributed by atoms with Gasteiger partial charge in [0.2, 0.25) is 5.95 Å². The van der Waals surface area contributed by atoms with E-state index in [2.05, 4.69) is 4.98 Å². The van der Waals surface area contributed by atoms with E-state index in [0.717, 1.165) is 39.0 Å². The van der Waals surface area contributed by atoms with Crippen LogP contribution in [0.1, 0.15) is 23.6 Å². The van der Waals surface area contributed by atoms with Crippen molar-refractivity contribution in [3.05, 3.63) is 113 Å². The molecule has 3 heterocycles. The molecule has 170 valence electrons. The Balaban J connectivity index is 1.56. The lowest BCUT2D eigenvalue weighted by Gasteiger charge is -2.23. The third-order valence-electron chi connectivity index (χ3n) is 6.10. The molecule has 1 unspecified atom stereocenters. The van der Waals surface area contributed by atoms with Gasteiger partial charge in [0.15, 0.2) is 0 Å². The fourth-order valence-electron chi connectivity index (χ4n) is 4.42. The summed E-state index contributed by atoms with van der Waals surface area (Å²) in [6.45, 7) is 0. The zero-order valence-corrected chi connectivity index (χ0v) is 19.3. The molecule has 5 aromatic rings. The van der Waals surface area contributed by atoms with Gasteiger partial charge in [-0.15, -0.1) is 0 Å². The molecule has 0 fully saturated rings. The zero-order valence-electron chi connectivity index (χ0n) is 18.6. The molecule has 6 nitrogen and oxygen atoms in total. The molecule has 0 radical (unpaired) electrons. The molecule has 3 aromatic carbocycles. The van der Waals surface area contributed by atoms with Gasteiger partial charge in [-0.1, -0.05) is 66.2 Å². The van der Waals surface area contributed by atoms with Gasteiger partial charge in [0.05, 0.1) is 23.0 Å². The van der Waals surface area contributed by atoms with Gasteiger partial charge in [0.1, 0.15) is 5.75 Å². The van der Waals surface area contributed by atoms with Crippen LogP contribution in [-0.2, 0) is 0 Å². The highest BCUT2D eigenvalue weighted by Gasteiger charge is 2.33. The van der Waals surface area contributed by atoms with Crippen LogP contribution in [0.2, 0.25) is 5.02 Å². The van der Waals surface area contributed by atoms with Crippen LogP contribution in [0.3, 0.4) is 0 Å². The minimum Gasteiger partial charge on any atom is -0.508 e. The van der Waals surface area contributed by atoms with Crippen LogP contribution >= 0.6 is 11.6 Å². The van der Waals surface area contributed by atoms with Crippen LogP contribution < -0.4 is 5.01 Å². The Morgan fingerprint density at radius 2 is 1.66 bits per heavy atom. The molecular weight excluding hydrogens is 458 g/mol. The number of phenols is 1. The van der Waals surface area contributed by atoms with Crippen LogP contribution in [0.5, 0.6) is 5.75 Å². The van der Waals surface area contributed by atoms with E-state index in [4.69, 9.17) is 26.7 Å². The summed E-state index contributed by atoms with van der Waals surface area (Å²) in [4.78, 5) is 14.1. The van der Waals surface area contributed by atoms with Crippen molar-refractivity contribution in [1.29, 1.82) is 0 Å². The van der Waals surface area contributed by atoms with Crippen molar-refractivity contribution in [3.63, 3.8) is 0 Å². The van der Waals surface area contributed by atoms with Gasteiger partial charge in [-0.2, -0.15) is 5.10 Å². The van der Waals surface area contributed by atoms with Crippen molar-refractivity contribution in [2.24, 2.45) is 5.10 Å². The maximum atomic E-state index is 10.7. The molecule has 0 saturated carbocycles. The number of hydrazone groups is 1. The molecule has 6 rings (SSSR count). The minimum absolute atomic E-state index is 0.209. The number of aromatic nitrogens is 3. The molecule has 0 saturated heterocycles. The molecule has 0 spiro atoms. The number of para-hydroxylation sites is 1. The summed E-state index contributed by atoms with van der Waals surface area (Å²) < 4.78 is 0. The Labute approximate surface area is 207 Å². The number of hydrogen-bond acceptors (Lipinski definition) is 6. The van der Waals surface area contributed by atoms with Crippen LogP contribution in [-0.4, -0.2) is 25.8 Å². The van der Waals surface area contributed by atoms with E-state index >= 15 is 0 Å². The number of phenolic OH excluding ortho intramolecular Hbond substituents is 1. The second-order valence-electron chi connectivity index (χ2n) is 8.31. The van der Waals surface area contributed by atoms with Gasteiger partial charge in [0, 0.05) is 45.9 Å². The smallest absolute Gasteiger partial charge is 0.247 e. The van der Waals surface area contributed by atoms with Crippen molar-refractivity contribution in [1.82, 2.24) is 15.0 Å². The number of hydrogen-bond donors (Lipinski definition) is 1. The monoisotopic (exact) mass is 477 g/mol. The number of aromatic hydroxyl groups is 1. The number of pyridine rings is 1. The summed E-state index contributed by atoms with van der Waals surface area (Å²) in [6, 6.07) is 26.5. The average molecular weight is 478 g/mol. The van der Waals surface area contributed by atoms with E-state index in [1.807, 2.05) is 78.9 Å². The Kier molecular flexibility index (Phi) is 5.35. The first kappa shape index (κ1) is 21.3. The van der Waals surface area contributed by atoms with E-state index in [9.17, 15) is 5.11 Å². The van der Waals surface area contributed by atoms with E-state index in [-0.39, 0.29) is 11.8 Å². The Bertz CT molecular complexity index is 1560. The van der Waals surface area contributed by atoms with Crippen LogP contribution in [0.25, 0.3) is 22.2 Å². The predicted octanol–water partition coefficient (Wildman–Crippen LogP) is 6.41. The largest absolute Gasteiger partial charge is 0.508 e. The summed E-state index contributed by atoms with van der Waals surface area (Å²) in [7, 11) is 0. The molecule has 35 heavy (non-hydrogen) atoms. The van der Waals surface area contributed by atoms with Gasteiger partial charge in [-0.3, -0.25) is 4.98 Å². The van der Waals surface area contributed by atoms with Crippen molar-refractivity contribution in [2.45, 2.75) is 12.5 Å². The van der Waals surface area contributed by atoms with Crippen molar-refractivity contribution in [2.75, 3.05) is 5.01 Å². The Hall–Kier alpha value is -4.29. The third kappa shape index (κ3) is 3.98. The highest BCUT2D eigenvalue weighted by Crippen LogP contribution is 2.40. The maximum Gasteiger partial charge on any atom is 0.247 e. The molecule has 0 aliphatic carbocycles. The molecule has 0 bridgehead atoms. The number of rotatable bonds is 4. The van der Waals surface area contributed by atoms with E-state index in [0.29, 0.717) is 17.4 Å². The summed E-state index contributed by atoms with van der Waals surface area (Å²) >= 11 is 6.33. The van der Waals surface area contributed by atoms with Gasteiger partial charge < -0.3 is 5.11 Å². The topological polar surface area (TPSA) is 74.5 Å². The summed E-state index contributed by atoms with van der Waals surface area (Å²) in [6.07, 6.45) is 4.11. The number of nitrogens with zero attached hydrogens (tertiary/aromatic N) is 5. The summed E-state index contributed by atoms with van der Waals surface area (Å²) in [5.41, 5.74) is 5.03. The number of benzene rings is 3. The highest BCUT2D eigenvalue weighted by molar-refractivity contribution is 6.31. The van der Waals surface area contributed by atoms with Crippen LogP contribution in [0, 0.1) is 0 Å². The van der Waals surface area contributed by atoms with E-state index in [1.165, 1.54) is 0 Å².